The predicted octanol–water partition coefficient (Wildman–Crippen LogP) is 2.43. The first kappa shape index (κ1) is 13.2. The number of ether oxygens (including phenoxy) is 1. The number of carbonyl (C=O) groups is 1. The van der Waals surface area contributed by atoms with Gasteiger partial charge in [0.15, 0.2) is 0 Å². The second-order valence-electron chi connectivity index (χ2n) is 7.64. The van der Waals surface area contributed by atoms with E-state index in [1.54, 1.807) is 0 Å². The van der Waals surface area contributed by atoms with E-state index in [1.165, 1.54) is 25.7 Å². The van der Waals surface area contributed by atoms with E-state index < -0.39 is 5.60 Å². The number of rotatable bonds is 2. The van der Waals surface area contributed by atoms with Crippen molar-refractivity contribution in [3.8, 4) is 0 Å². The SMILES string of the molecule is CC(NC(=O)OC(C)(C)C)C1CC2CCC23NC3C1. The largest absolute Gasteiger partial charge is 0.444 e. The average Bonchev–Trinajstić information content (AvgIpc) is 2.95. The van der Waals surface area contributed by atoms with Gasteiger partial charge in [0.1, 0.15) is 5.60 Å². The number of hydrogen-bond acceptors (Lipinski definition) is 3. The lowest BCUT2D eigenvalue weighted by molar-refractivity contribution is 0.0461. The van der Waals surface area contributed by atoms with Crippen molar-refractivity contribution in [1.29, 1.82) is 0 Å². The van der Waals surface area contributed by atoms with E-state index in [0.29, 0.717) is 17.5 Å². The Labute approximate surface area is 115 Å². The Morgan fingerprint density at radius 1 is 1.42 bits per heavy atom. The second-order valence-corrected chi connectivity index (χ2v) is 7.64. The topological polar surface area (TPSA) is 60.3 Å². The van der Waals surface area contributed by atoms with Crippen LogP contribution in [-0.2, 0) is 4.74 Å². The fourth-order valence-corrected chi connectivity index (χ4v) is 3.97. The van der Waals surface area contributed by atoms with E-state index in [1.807, 2.05) is 20.8 Å². The van der Waals surface area contributed by atoms with Crippen LogP contribution in [0.4, 0.5) is 4.79 Å². The first-order valence-corrected chi connectivity index (χ1v) is 7.57. The third-order valence-electron chi connectivity index (χ3n) is 5.19. The molecule has 2 aliphatic carbocycles. The van der Waals surface area contributed by atoms with Crippen molar-refractivity contribution in [2.24, 2.45) is 11.8 Å². The average molecular weight is 266 g/mol. The summed E-state index contributed by atoms with van der Waals surface area (Å²) in [6.07, 6.45) is 4.89. The van der Waals surface area contributed by atoms with Gasteiger partial charge in [-0.1, -0.05) is 0 Å². The molecule has 108 valence electrons. The van der Waals surface area contributed by atoms with Gasteiger partial charge in [0.2, 0.25) is 0 Å². The van der Waals surface area contributed by atoms with Gasteiger partial charge in [-0.25, -0.2) is 4.79 Å². The maximum Gasteiger partial charge on any atom is 0.407 e. The van der Waals surface area contributed by atoms with E-state index in [-0.39, 0.29) is 12.1 Å². The van der Waals surface area contributed by atoms with Gasteiger partial charge >= 0.3 is 6.09 Å². The van der Waals surface area contributed by atoms with Gasteiger partial charge in [-0.05, 0) is 65.2 Å². The molecule has 4 nitrogen and oxygen atoms in total. The van der Waals surface area contributed by atoms with Crippen molar-refractivity contribution in [1.82, 2.24) is 10.6 Å². The maximum atomic E-state index is 11.8. The molecule has 1 saturated heterocycles. The summed E-state index contributed by atoms with van der Waals surface area (Å²) in [5, 5.41) is 6.69. The lowest BCUT2D eigenvalue weighted by Crippen LogP contribution is -2.49. The van der Waals surface area contributed by atoms with Gasteiger partial charge in [-0.15, -0.1) is 0 Å². The molecule has 0 aromatic heterocycles. The molecular weight excluding hydrogens is 240 g/mol. The van der Waals surface area contributed by atoms with Gasteiger partial charge < -0.3 is 15.4 Å². The van der Waals surface area contributed by atoms with E-state index in [0.717, 1.165) is 5.92 Å². The third kappa shape index (κ3) is 2.35. The minimum atomic E-state index is -0.419. The molecule has 3 fully saturated rings. The molecule has 0 bridgehead atoms. The van der Waals surface area contributed by atoms with Gasteiger partial charge in [-0.2, -0.15) is 0 Å². The summed E-state index contributed by atoms with van der Waals surface area (Å²) >= 11 is 0. The van der Waals surface area contributed by atoms with Gasteiger partial charge in [0.05, 0.1) is 0 Å². The molecule has 1 spiro atoms. The monoisotopic (exact) mass is 266 g/mol. The van der Waals surface area contributed by atoms with Crippen molar-refractivity contribution < 1.29 is 9.53 Å². The summed E-state index contributed by atoms with van der Waals surface area (Å²) in [6, 6.07) is 0.920. The molecule has 1 aliphatic heterocycles. The molecule has 0 aromatic rings. The van der Waals surface area contributed by atoms with Gasteiger partial charge in [0.25, 0.3) is 0 Å². The Morgan fingerprint density at radius 3 is 2.68 bits per heavy atom. The molecule has 0 radical (unpaired) electrons. The van der Waals surface area contributed by atoms with Crippen molar-refractivity contribution >= 4 is 6.09 Å². The fraction of sp³-hybridized carbons (Fsp3) is 0.933. The zero-order chi connectivity index (χ0) is 13.8. The van der Waals surface area contributed by atoms with Gasteiger partial charge in [0, 0.05) is 17.6 Å². The lowest BCUT2D eigenvalue weighted by Gasteiger charge is -2.44. The summed E-state index contributed by atoms with van der Waals surface area (Å²) in [4.78, 5) is 11.8. The smallest absolute Gasteiger partial charge is 0.407 e. The summed E-state index contributed by atoms with van der Waals surface area (Å²) in [5.74, 6) is 1.44. The van der Waals surface area contributed by atoms with Crippen molar-refractivity contribution in [3.05, 3.63) is 0 Å². The molecule has 1 heterocycles. The number of nitrogens with one attached hydrogen (secondary N) is 2. The highest BCUT2D eigenvalue weighted by Gasteiger charge is 2.66. The minimum Gasteiger partial charge on any atom is -0.444 e. The first-order valence-electron chi connectivity index (χ1n) is 7.57. The van der Waals surface area contributed by atoms with E-state index in [4.69, 9.17) is 4.74 Å². The molecule has 0 aromatic carbocycles. The Bertz CT molecular complexity index is 390. The number of amides is 1. The molecule has 5 unspecified atom stereocenters. The summed E-state index contributed by atoms with van der Waals surface area (Å²) < 4.78 is 5.33. The van der Waals surface area contributed by atoms with E-state index >= 15 is 0 Å². The molecule has 3 rings (SSSR count). The summed E-state index contributed by atoms with van der Waals surface area (Å²) in [6.45, 7) is 7.81. The van der Waals surface area contributed by atoms with Crippen LogP contribution < -0.4 is 10.6 Å². The van der Waals surface area contributed by atoms with Crippen molar-refractivity contribution in [2.45, 2.75) is 76.6 Å². The highest BCUT2D eigenvalue weighted by molar-refractivity contribution is 5.68. The normalized spacial score (nSPS) is 41.4. The van der Waals surface area contributed by atoms with Crippen LogP contribution in [-0.4, -0.2) is 29.3 Å². The van der Waals surface area contributed by atoms with Gasteiger partial charge in [-0.3, -0.25) is 0 Å². The van der Waals surface area contributed by atoms with Crippen LogP contribution in [0.3, 0.4) is 0 Å². The lowest BCUT2D eigenvalue weighted by atomic mass is 9.61. The minimum absolute atomic E-state index is 0.204. The first-order chi connectivity index (χ1) is 8.80. The van der Waals surface area contributed by atoms with Crippen LogP contribution in [0, 0.1) is 11.8 Å². The number of hydrogen-bond donors (Lipinski definition) is 2. The Kier molecular flexibility index (Phi) is 2.86. The third-order valence-corrected chi connectivity index (χ3v) is 5.19. The quantitative estimate of drug-likeness (QED) is 0.755. The van der Waals surface area contributed by atoms with E-state index in [2.05, 4.69) is 17.6 Å². The van der Waals surface area contributed by atoms with Crippen molar-refractivity contribution in [3.63, 3.8) is 0 Å². The predicted molar refractivity (Wildman–Crippen MR) is 73.9 cm³/mol. The molecule has 4 heteroatoms. The number of carbonyl (C=O) groups excluding carboxylic acids is 1. The van der Waals surface area contributed by atoms with Crippen LogP contribution in [0.5, 0.6) is 0 Å². The number of alkyl carbamates (subject to hydrolysis) is 1. The van der Waals surface area contributed by atoms with Crippen LogP contribution in [0.2, 0.25) is 0 Å². The zero-order valence-corrected chi connectivity index (χ0v) is 12.5. The molecule has 2 N–H and O–H groups in total. The Balaban J connectivity index is 1.51. The molecular formula is C15H26N2O2. The fourth-order valence-electron chi connectivity index (χ4n) is 3.97. The highest BCUT2D eigenvalue weighted by atomic mass is 16.6. The molecule has 19 heavy (non-hydrogen) atoms. The molecule has 5 atom stereocenters. The van der Waals surface area contributed by atoms with Crippen LogP contribution in [0.25, 0.3) is 0 Å². The Hall–Kier alpha value is -0.770. The summed E-state index contributed by atoms with van der Waals surface area (Å²) in [7, 11) is 0. The highest BCUT2D eigenvalue weighted by Crippen LogP contribution is 2.58. The van der Waals surface area contributed by atoms with Crippen LogP contribution >= 0.6 is 0 Å². The molecule has 3 aliphatic rings. The standard InChI is InChI=1S/C15H26N2O2/c1-9(16-13(18)19-14(2,3)4)10-7-11-5-6-15(11)12(8-10)17-15/h9-12,17H,5-8H2,1-4H3,(H,16,18). The summed E-state index contributed by atoms with van der Waals surface area (Å²) in [5.41, 5.74) is 0.111. The van der Waals surface area contributed by atoms with E-state index in [9.17, 15) is 4.79 Å². The van der Waals surface area contributed by atoms with Crippen LogP contribution in [0.1, 0.15) is 53.4 Å². The maximum absolute atomic E-state index is 11.8. The van der Waals surface area contributed by atoms with Crippen molar-refractivity contribution in [2.75, 3.05) is 0 Å². The Morgan fingerprint density at radius 2 is 2.16 bits per heavy atom. The second kappa shape index (κ2) is 4.11. The van der Waals surface area contributed by atoms with Crippen LogP contribution in [0.15, 0.2) is 0 Å². The zero-order valence-electron chi connectivity index (χ0n) is 12.5. The molecule has 1 amide bonds. The molecule has 2 saturated carbocycles.